The van der Waals surface area contributed by atoms with E-state index in [2.05, 4.69) is 22.2 Å². The zero-order valence-corrected chi connectivity index (χ0v) is 21.2. The summed E-state index contributed by atoms with van der Waals surface area (Å²) in [7, 11) is 0. The number of hydrogen-bond acceptors (Lipinski definition) is 6. The smallest absolute Gasteiger partial charge is 0.283 e. The Kier molecular flexibility index (Phi) is 7.51. The number of carbonyl (C=O) groups is 1. The predicted octanol–water partition coefficient (Wildman–Crippen LogP) is 6.22. The standard InChI is InChI=1S/C28H30N4O3S/c1-2-25-31-32-26(29)24(27(33)30-28(32)36-25)18-19-7-6-10-23(17-19)35-16-15-34-22-13-11-21(12-14-22)20-8-4-3-5-9-20/h6-7,10-14,17-18,20,29H,2-5,8-9,15-16H2,1H3/b24-18+,29-26?. The molecule has 1 N–H and O–H groups in total. The Bertz CT molecular complexity index is 1230. The molecule has 5 rings (SSSR count). The van der Waals surface area contributed by atoms with Gasteiger partial charge in [-0.05, 0) is 78.4 Å². The molecule has 0 bridgehead atoms. The van der Waals surface area contributed by atoms with Gasteiger partial charge in [0.2, 0.25) is 5.17 Å². The lowest BCUT2D eigenvalue weighted by Gasteiger charge is -2.22. The van der Waals surface area contributed by atoms with Gasteiger partial charge in [-0.2, -0.15) is 15.1 Å². The SMILES string of the molecule is CCC1=NN2C(=N)/C(=C\c3cccc(OCCOc4ccc(C5CCCCC5)cc4)c3)C(=O)N=C2S1. The molecule has 1 fully saturated rings. The summed E-state index contributed by atoms with van der Waals surface area (Å²) in [6.07, 6.45) is 9.00. The van der Waals surface area contributed by atoms with Crippen molar-refractivity contribution in [1.82, 2.24) is 5.01 Å². The van der Waals surface area contributed by atoms with E-state index in [0.29, 0.717) is 30.0 Å². The molecule has 2 aromatic rings. The van der Waals surface area contributed by atoms with Crippen molar-refractivity contribution >= 4 is 39.8 Å². The third kappa shape index (κ3) is 5.54. The topological polar surface area (TPSA) is 87.3 Å². The molecular formula is C28H30N4O3S. The number of carbonyl (C=O) groups excluding carboxylic acids is 1. The maximum atomic E-state index is 12.6. The van der Waals surface area contributed by atoms with E-state index in [1.807, 2.05) is 43.3 Å². The fourth-order valence-electron chi connectivity index (χ4n) is 4.63. The lowest BCUT2D eigenvalue weighted by Crippen LogP contribution is -2.35. The van der Waals surface area contributed by atoms with Crippen LogP contribution < -0.4 is 9.47 Å². The third-order valence-electron chi connectivity index (χ3n) is 6.55. The van der Waals surface area contributed by atoms with Crippen LogP contribution in [0.5, 0.6) is 11.5 Å². The van der Waals surface area contributed by atoms with Gasteiger partial charge in [0.15, 0.2) is 5.84 Å². The number of fused-ring (bicyclic) bond motifs is 1. The van der Waals surface area contributed by atoms with Crippen LogP contribution in [0.3, 0.4) is 0 Å². The second kappa shape index (κ2) is 11.1. The maximum Gasteiger partial charge on any atom is 0.283 e. The molecule has 0 radical (unpaired) electrons. The second-order valence-electron chi connectivity index (χ2n) is 9.04. The van der Waals surface area contributed by atoms with Crippen LogP contribution in [0.25, 0.3) is 6.08 Å². The number of hydrogen-bond donors (Lipinski definition) is 1. The van der Waals surface area contributed by atoms with Crippen molar-refractivity contribution in [1.29, 1.82) is 5.41 Å². The zero-order chi connectivity index (χ0) is 24.9. The number of aliphatic imine (C=N–C) groups is 1. The fraction of sp³-hybridized carbons (Fsp3) is 0.357. The average molecular weight is 503 g/mol. The summed E-state index contributed by atoms with van der Waals surface area (Å²) in [6.45, 7) is 2.81. The molecule has 0 unspecified atom stereocenters. The number of nitrogens with one attached hydrogen (secondary N) is 1. The molecule has 8 heteroatoms. The second-order valence-corrected chi connectivity index (χ2v) is 10.1. The highest BCUT2D eigenvalue weighted by Crippen LogP contribution is 2.33. The molecule has 2 aromatic carbocycles. The summed E-state index contributed by atoms with van der Waals surface area (Å²) in [6, 6.07) is 15.9. The van der Waals surface area contributed by atoms with Crippen molar-refractivity contribution < 1.29 is 14.3 Å². The summed E-state index contributed by atoms with van der Waals surface area (Å²) in [5, 5.41) is 15.5. The first-order chi connectivity index (χ1) is 17.6. The Labute approximate surface area is 215 Å². The quantitative estimate of drug-likeness (QED) is 0.342. The molecule has 7 nitrogen and oxygen atoms in total. The molecule has 1 amide bonds. The molecule has 2 heterocycles. The van der Waals surface area contributed by atoms with Crippen LogP contribution in [0.1, 0.15) is 62.5 Å². The van der Waals surface area contributed by atoms with E-state index in [1.54, 1.807) is 6.08 Å². The minimum Gasteiger partial charge on any atom is -0.490 e. The first-order valence-corrected chi connectivity index (χ1v) is 13.4. The van der Waals surface area contributed by atoms with Crippen LogP contribution in [0.15, 0.2) is 64.2 Å². The van der Waals surface area contributed by atoms with Gasteiger partial charge in [0, 0.05) is 0 Å². The number of rotatable bonds is 8. The van der Waals surface area contributed by atoms with Crippen molar-refractivity contribution in [2.24, 2.45) is 10.1 Å². The Morgan fingerprint density at radius 2 is 1.81 bits per heavy atom. The van der Waals surface area contributed by atoms with E-state index in [1.165, 1.54) is 54.4 Å². The summed E-state index contributed by atoms with van der Waals surface area (Å²) in [5.41, 5.74) is 2.37. The Hall–Kier alpha value is -3.39. The van der Waals surface area contributed by atoms with Crippen molar-refractivity contribution in [2.45, 2.75) is 51.4 Å². The number of ether oxygens (including phenoxy) is 2. The van der Waals surface area contributed by atoms with Gasteiger partial charge in [-0.25, -0.2) is 0 Å². The molecule has 0 aromatic heterocycles. The van der Waals surface area contributed by atoms with Crippen LogP contribution in [-0.2, 0) is 4.79 Å². The van der Waals surface area contributed by atoms with Crippen LogP contribution in [0.2, 0.25) is 0 Å². The van der Waals surface area contributed by atoms with E-state index in [9.17, 15) is 4.79 Å². The van der Waals surface area contributed by atoms with Gasteiger partial charge in [0.1, 0.15) is 29.8 Å². The number of amidine groups is 2. The van der Waals surface area contributed by atoms with Crippen molar-refractivity contribution in [3.8, 4) is 11.5 Å². The van der Waals surface area contributed by atoms with Gasteiger partial charge in [0.25, 0.3) is 5.91 Å². The van der Waals surface area contributed by atoms with Gasteiger partial charge in [-0.1, -0.05) is 50.5 Å². The summed E-state index contributed by atoms with van der Waals surface area (Å²) >= 11 is 1.33. The number of amides is 1. The molecule has 186 valence electrons. The molecule has 0 saturated heterocycles. The molecule has 2 aliphatic heterocycles. The minimum absolute atomic E-state index is 0.0372. The first-order valence-electron chi connectivity index (χ1n) is 12.6. The minimum atomic E-state index is -0.430. The fourth-order valence-corrected chi connectivity index (χ4v) is 5.45. The Morgan fingerprint density at radius 3 is 2.56 bits per heavy atom. The number of thioether (sulfide) groups is 1. The molecular weight excluding hydrogens is 472 g/mol. The molecule has 1 saturated carbocycles. The van der Waals surface area contributed by atoms with E-state index in [0.717, 1.165) is 22.8 Å². The maximum absolute atomic E-state index is 12.6. The third-order valence-corrected chi connectivity index (χ3v) is 7.60. The summed E-state index contributed by atoms with van der Waals surface area (Å²) < 4.78 is 11.7. The number of nitrogens with zero attached hydrogens (tertiary/aromatic N) is 3. The van der Waals surface area contributed by atoms with Gasteiger partial charge >= 0.3 is 0 Å². The van der Waals surface area contributed by atoms with Crippen molar-refractivity contribution in [3.63, 3.8) is 0 Å². The lowest BCUT2D eigenvalue weighted by atomic mass is 9.84. The van der Waals surface area contributed by atoms with Gasteiger partial charge in [0.05, 0.1) is 5.57 Å². The highest BCUT2D eigenvalue weighted by molar-refractivity contribution is 8.26. The predicted molar refractivity (Wildman–Crippen MR) is 145 cm³/mol. The molecule has 3 aliphatic rings. The molecule has 1 aliphatic carbocycles. The molecule has 0 atom stereocenters. The Balaban J connectivity index is 1.15. The lowest BCUT2D eigenvalue weighted by molar-refractivity contribution is -0.114. The average Bonchev–Trinajstić information content (AvgIpc) is 3.33. The van der Waals surface area contributed by atoms with Gasteiger partial charge in [-0.3, -0.25) is 10.2 Å². The summed E-state index contributed by atoms with van der Waals surface area (Å²) in [5.74, 6) is 1.81. The molecule has 0 spiro atoms. The normalized spacial score (nSPS) is 19.2. The van der Waals surface area contributed by atoms with Crippen LogP contribution in [-0.4, -0.2) is 40.2 Å². The van der Waals surface area contributed by atoms with E-state index >= 15 is 0 Å². The van der Waals surface area contributed by atoms with Crippen molar-refractivity contribution in [3.05, 3.63) is 65.2 Å². The highest BCUT2D eigenvalue weighted by Gasteiger charge is 2.35. The van der Waals surface area contributed by atoms with Crippen LogP contribution in [0, 0.1) is 5.41 Å². The summed E-state index contributed by atoms with van der Waals surface area (Å²) in [4.78, 5) is 16.7. The van der Waals surface area contributed by atoms with E-state index in [-0.39, 0.29) is 11.4 Å². The van der Waals surface area contributed by atoms with Gasteiger partial charge in [-0.15, -0.1) is 0 Å². The van der Waals surface area contributed by atoms with Crippen LogP contribution >= 0.6 is 11.8 Å². The number of benzene rings is 2. The Morgan fingerprint density at radius 1 is 1.06 bits per heavy atom. The highest BCUT2D eigenvalue weighted by atomic mass is 32.2. The van der Waals surface area contributed by atoms with Gasteiger partial charge < -0.3 is 9.47 Å². The largest absolute Gasteiger partial charge is 0.490 e. The monoisotopic (exact) mass is 502 g/mol. The first kappa shape index (κ1) is 24.3. The van der Waals surface area contributed by atoms with Crippen molar-refractivity contribution in [2.75, 3.05) is 13.2 Å². The zero-order valence-electron chi connectivity index (χ0n) is 20.4. The van der Waals surface area contributed by atoms with Crippen LogP contribution in [0.4, 0.5) is 0 Å². The van der Waals surface area contributed by atoms with E-state index in [4.69, 9.17) is 14.9 Å². The van der Waals surface area contributed by atoms with E-state index < -0.39 is 5.91 Å². The number of hydrazone groups is 1. The molecule has 36 heavy (non-hydrogen) atoms.